The molecule has 3 heteroatoms. The van der Waals surface area contributed by atoms with Crippen LogP contribution in [0, 0.1) is 6.92 Å². The van der Waals surface area contributed by atoms with E-state index in [4.69, 9.17) is 0 Å². The summed E-state index contributed by atoms with van der Waals surface area (Å²) in [6.45, 7) is 8.52. The molecule has 0 saturated carbocycles. The highest BCUT2D eigenvalue weighted by Crippen LogP contribution is 2.22. The van der Waals surface area contributed by atoms with Gasteiger partial charge >= 0.3 is 0 Å². The van der Waals surface area contributed by atoms with Gasteiger partial charge in [0.05, 0.1) is 5.69 Å². The second-order valence-electron chi connectivity index (χ2n) is 4.55. The second kappa shape index (κ2) is 2.80. The smallest absolute Gasteiger partial charge is 0.144 e. The van der Waals surface area contributed by atoms with E-state index in [0.717, 1.165) is 16.7 Å². The van der Waals surface area contributed by atoms with Crippen molar-refractivity contribution in [3.05, 3.63) is 24.3 Å². The van der Waals surface area contributed by atoms with Crippen LogP contribution in [0.25, 0.3) is 11.0 Å². The molecule has 2 rings (SSSR count). The Bertz CT molecular complexity index is 463. The van der Waals surface area contributed by atoms with E-state index in [9.17, 15) is 0 Å². The molecule has 2 aromatic heterocycles. The third kappa shape index (κ3) is 1.29. The van der Waals surface area contributed by atoms with Gasteiger partial charge in [-0.25, -0.2) is 9.97 Å². The minimum Gasteiger partial charge on any atom is -0.327 e. The number of hydrogen-bond acceptors (Lipinski definition) is 2. The molecule has 0 spiro atoms. The highest BCUT2D eigenvalue weighted by molar-refractivity contribution is 5.78. The average molecular weight is 189 g/mol. The molecule has 0 saturated heterocycles. The fourth-order valence-electron chi connectivity index (χ4n) is 1.62. The topological polar surface area (TPSA) is 30.7 Å². The molecule has 3 nitrogen and oxygen atoms in total. The lowest BCUT2D eigenvalue weighted by Crippen LogP contribution is -2.20. The molecule has 2 heterocycles. The van der Waals surface area contributed by atoms with Crippen LogP contribution in [0.4, 0.5) is 0 Å². The predicted octanol–water partition coefficient (Wildman–Crippen LogP) is 2.49. The van der Waals surface area contributed by atoms with Crippen LogP contribution in [0.2, 0.25) is 0 Å². The number of hydrogen-bond donors (Lipinski definition) is 0. The lowest BCUT2D eigenvalue weighted by atomic mass is 10.1. The van der Waals surface area contributed by atoms with E-state index in [1.807, 2.05) is 6.92 Å². The summed E-state index contributed by atoms with van der Waals surface area (Å²) >= 11 is 0. The number of rotatable bonds is 0. The van der Waals surface area contributed by atoms with Gasteiger partial charge in [-0.3, -0.25) is 0 Å². The van der Waals surface area contributed by atoms with Gasteiger partial charge in [0.25, 0.3) is 0 Å². The van der Waals surface area contributed by atoms with E-state index in [1.54, 1.807) is 6.33 Å². The molecule has 0 atom stereocenters. The van der Waals surface area contributed by atoms with E-state index in [-0.39, 0.29) is 5.54 Å². The van der Waals surface area contributed by atoms with Crippen molar-refractivity contribution in [2.75, 3.05) is 0 Å². The van der Waals surface area contributed by atoms with Crippen molar-refractivity contribution in [1.82, 2.24) is 14.5 Å². The standard InChI is InChI=1S/C11H15N3/c1-8-9-5-6-14(11(2,3)4)10(9)13-7-12-8/h5-7H,1-4H3. The van der Waals surface area contributed by atoms with Crippen LogP contribution < -0.4 is 0 Å². The van der Waals surface area contributed by atoms with Gasteiger partial charge in [-0.05, 0) is 33.8 Å². The molecular formula is C11H15N3. The Hall–Kier alpha value is -1.38. The Morgan fingerprint density at radius 1 is 1.21 bits per heavy atom. The van der Waals surface area contributed by atoms with Gasteiger partial charge in [0.2, 0.25) is 0 Å². The van der Waals surface area contributed by atoms with Gasteiger partial charge in [0, 0.05) is 17.1 Å². The normalized spacial score (nSPS) is 12.3. The molecule has 0 fully saturated rings. The van der Waals surface area contributed by atoms with Gasteiger partial charge < -0.3 is 4.57 Å². The van der Waals surface area contributed by atoms with E-state index in [0.29, 0.717) is 0 Å². The molecular weight excluding hydrogens is 174 g/mol. The number of aromatic nitrogens is 3. The van der Waals surface area contributed by atoms with Crippen molar-refractivity contribution in [3.8, 4) is 0 Å². The van der Waals surface area contributed by atoms with Crippen LogP contribution in [0.1, 0.15) is 26.5 Å². The number of fused-ring (bicyclic) bond motifs is 1. The summed E-state index contributed by atoms with van der Waals surface area (Å²) < 4.78 is 2.18. The van der Waals surface area contributed by atoms with Crippen LogP contribution in [-0.4, -0.2) is 14.5 Å². The van der Waals surface area contributed by atoms with Crippen molar-refractivity contribution < 1.29 is 0 Å². The summed E-state index contributed by atoms with van der Waals surface area (Å²) in [4.78, 5) is 8.50. The second-order valence-corrected chi connectivity index (χ2v) is 4.55. The highest BCUT2D eigenvalue weighted by Gasteiger charge is 2.16. The average Bonchev–Trinajstić information content (AvgIpc) is 2.47. The summed E-state index contributed by atoms with van der Waals surface area (Å²) in [6, 6.07) is 2.08. The van der Waals surface area contributed by atoms with Gasteiger partial charge in [0.15, 0.2) is 0 Å². The Balaban J connectivity index is 2.76. The zero-order chi connectivity index (χ0) is 10.3. The Labute approximate surface area is 83.8 Å². The maximum Gasteiger partial charge on any atom is 0.144 e. The van der Waals surface area contributed by atoms with E-state index < -0.39 is 0 Å². The van der Waals surface area contributed by atoms with Crippen LogP contribution in [0.5, 0.6) is 0 Å². The molecule has 0 aliphatic rings. The van der Waals surface area contributed by atoms with Crippen molar-refractivity contribution in [2.24, 2.45) is 0 Å². The van der Waals surface area contributed by atoms with E-state index in [2.05, 4.69) is 47.6 Å². The first-order valence-corrected chi connectivity index (χ1v) is 4.79. The third-order valence-electron chi connectivity index (χ3n) is 2.40. The van der Waals surface area contributed by atoms with Crippen molar-refractivity contribution in [3.63, 3.8) is 0 Å². The largest absolute Gasteiger partial charge is 0.327 e. The SMILES string of the molecule is Cc1ncnc2c1ccn2C(C)(C)C. The molecule has 2 aromatic rings. The van der Waals surface area contributed by atoms with Gasteiger partial charge in [-0.1, -0.05) is 0 Å². The summed E-state index contributed by atoms with van der Waals surface area (Å²) in [5.41, 5.74) is 2.13. The number of nitrogens with zero attached hydrogens (tertiary/aromatic N) is 3. The molecule has 0 unspecified atom stereocenters. The Kier molecular flexibility index (Phi) is 1.84. The quantitative estimate of drug-likeness (QED) is 0.637. The highest BCUT2D eigenvalue weighted by atomic mass is 15.1. The lowest BCUT2D eigenvalue weighted by Gasteiger charge is -2.21. The van der Waals surface area contributed by atoms with E-state index in [1.165, 1.54) is 0 Å². The number of aryl methyl sites for hydroxylation is 1. The molecule has 0 aliphatic heterocycles. The Morgan fingerprint density at radius 2 is 1.93 bits per heavy atom. The first-order valence-electron chi connectivity index (χ1n) is 4.79. The minimum atomic E-state index is 0.0720. The summed E-state index contributed by atoms with van der Waals surface area (Å²) in [5, 5.41) is 1.14. The van der Waals surface area contributed by atoms with Crippen molar-refractivity contribution in [1.29, 1.82) is 0 Å². The fraction of sp³-hybridized carbons (Fsp3) is 0.455. The molecule has 74 valence electrons. The van der Waals surface area contributed by atoms with Crippen LogP contribution >= 0.6 is 0 Å². The maximum atomic E-state index is 4.32. The fourth-order valence-corrected chi connectivity index (χ4v) is 1.62. The molecule has 0 N–H and O–H groups in total. The molecule has 0 radical (unpaired) electrons. The predicted molar refractivity (Wildman–Crippen MR) is 57.3 cm³/mol. The van der Waals surface area contributed by atoms with Gasteiger partial charge in [-0.15, -0.1) is 0 Å². The van der Waals surface area contributed by atoms with Crippen molar-refractivity contribution in [2.45, 2.75) is 33.2 Å². The Morgan fingerprint density at radius 3 is 2.57 bits per heavy atom. The summed E-state index contributed by atoms with van der Waals surface area (Å²) in [6.07, 6.45) is 3.70. The zero-order valence-corrected chi connectivity index (χ0v) is 9.07. The van der Waals surface area contributed by atoms with Crippen LogP contribution in [0.3, 0.4) is 0 Å². The maximum absolute atomic E-state index is 4.32. The third-order valence-corrected chi connectivity index (χ3v) is 2.40. The molecule has 0 bridgehead atoms. The first kappa shape index (κ1) is 9.19. The monoisotopic (exact) mass is 189 g/mol. The van der Waals surface area contributed by atoms with E-state index >= 15 is 0 Å². The van der Waals surface area contributed by atoms with Gasteiger partial charge in [0.1, 0.15) is 12.0 Å². The van der Waals surface area contributed by atoms with Crippen LogP contribution in [0.15, 0.2) is 18.6 Å². The summed E-state index contributed by atoms with van der Waals surface area (Å²) in [5.74, 6) is 0. The summed E-state index contributed by atoms with van der Waals surface area (Å²) in [7, 11) is 0. The van der Waals surface area contributed by atoms with Gasteiger partial charge in [-0.2, -0.15) is 0 Å². The molecule has 0 amide bonds. The van der Waals surface area contributed by atoms with Crippen LogP contribution in [-0.2, 0) is 5.54 Å². The molecule has 0 aromatic carbocycles. The molecule has 0 aliphatic carbocycles. The first-order chi connectivity index (χ1) is 6.50. The van der Waals surface area contributed by atoms with Crippen molar-refractivity contribution >= 4 is 11.0 Å². The lowest BCUT2D eigenvalue weighted by molar-refractivity contribution is 0.408. The minimum absolute atomic E-state index is 0.0720. The zero-order valence-electron chi connectivity index (χ0n) is 9.07. The molecule has 14 heavy (non-hydrogen) atoms.